The fourth-order valence-corrected chi connectivity index (χ4v) is 4.67. The van der Waals surface area contributed by atoms with Crippen LogP contribution in [0.5, 0.6) is 0 Å². The molecule has 1 aliphatic carbocycles. The van der Waals surface area contributed by atoms with Gasteiger partial charge in [-0.2, -0.15) is 0 Å². The number of hydrogen-bond acceptors (Lipinski definition) is 2. The Hall–Kier alpha value is 0.430. The molecular formula is C12H17BrClNS. The normalized spacial score (nSPS) is 21.2. The van der Waals surface area contributed by atoms with E-state index in [-0.39, 0.29) is 6.04 Å². The zero-order valence-electron chi connectivity index (χ0n) is 9.43. The summed E-state index contributed by atoms with van der Waals surface area (Å²) in [4.78, 5) is 1.22. The molecule has 4 heteroatoms. The Kier molecular flexibility index (Phi) is 4.00. The summed E-state index contributed by atoms with van der Waals surface area (Å²) in [5.41, 5.74) is 6.77. The largest absolute Gasteiger partial charge is 0.323 e. The first kappa shape index (κ1) is 12.9. The van der Waals surface area contributed by atoms with Crippen LogP contribution >= 0.6 is 38.9 Å². The number of hydrogen-bond donors (Lipinski definition) is 1. The van der Waals surface area contributed by atoms with E-state index < -0.39 is 0 Å². The Morgan fingerprint density at radius 3 is 2.62 bits per heavy atom. The van der Waals surface area contributed by atoms with Gasteiger partial charge >= 0.3 is 0 Å². The van der Waals surface area contributed by atoms with Crippen molar-refractivity contribution in [2.24, 2.45) is 11.1 Å². The molecule has 0 radical (unpaired) electrons. The molecule has 2 rings (SSSR count). The molecule has 0 saturated heterocycles. The molecule has 1 aromatic heterocycles. The van der Waals surface area contributed by atoms with Crippen LogP contribution in [-0.4, -0.2) is 0 Å². The van der Waals surface area contributed by atoms with E-state index in [0.29, 0.717) is 5.41 Å². The van der Waals surface area contributed by atoms with Gasteiger partial charge < -0.3 is 5.73 Å². The maximum Gasteiger partial charge on any atom is 0.0887 e. The SMILES string of the molecule is CCC1(C(N)c2cc(Cl)c(Br)s2)CCCC1. The molecule has 16 heavy (non-hydrogen) atoms. The van der Waals surface area contributed by atoms with Crippen LogP contribution in [0.2, 0.25) is 5.02 Å². The van der Waals surface area contributed by atoms with Crippen molar-refractivity contribution < 1.29 is 0 Å². The minimum atomic E-state index is 0.147. The van der Waals surface area contributed by atoms with Crippen LogP contribution in [0.25, 0.3) is 0 Å². The van der Waals surface area contributed by atoms with Gasteiger partial charge in [0, 0.05) is 10.9 Å². The van der Waals surface area contributed by atoms with Gasteiger partial charge in [-0.3, -0.25) is 0 Å². The Balaban J connectivity index is 2.26. The lowest BCUT2D eigenvalue weighted by Gasteiger charge is -2.33. The highest BCUT2D eigenvalue weighted by atomic mass is 79.9. The van der Waals surface area contributed by atoms with Crippen LogP contribution in [0, 0.1) is 5.41 Å². The van der Waals surface area contributed by atoms with E-state index in [9.17, 15) is 0 Å². The standard InChI is InChI=1S/C12H17BrClNS/c1-2-12(5-3-4-6-12)10(15)9-7-8(14)11(13)16-9/h7,10H,2-6,15H2,1H3. The van der Waals surface area contributed by atoms with Crippen LogP contribution in [-0.2, 0) is 0 Å². The summed E-state index contributed by atoms with van der Waals surface area (Å²) in [5.74, 6) is 0. The molecule has 0 aliphatic heterocycles. The molecule has 1 aromatic rings. The topological polar surface area (TPSA) is 26.0 Å². The zero-order valence-corrected chi connectivity index (χ0v) is 12.6. The van der Waals surface area contributed by atoms with Crippen molar-refractivity contribution in [2.45, 2.75) is 45.1 Å². The lowest BCUT2D eigenvalue weighted by atomic mass is 9.76. The Bertz CT molecular complexity index is 352. The molecule has 1 atom stereocenters. The molecule has 0 spiro atoms. The average molecular weight is 323 g/mol. The zero-order chi connectivity index (χ0) is 11.8. The molecule has 0 amide bonds. The van der Waals surface area contributed by atoms with Crippen molar-refractivity contribution in [2.75, 3.05) is 0 Å². The summed E-state index contributed by atoms with van der Waals surface area (Å²) in [6, 6.07) is 2.17. The third-order valence-electron chi connectivity index (χ3n) is 3.93. The van der Waals surface area contributed by atoms with Crippen LogP contribution in [0.1, 0.15) is 49.9 Å². The number of rotatable bonds is 3. The maximum atomic E-state index is 6.46. The second kappa shape index (κ2) is 4.97. The average Bonchev–Trinajstić information content (AvgIpc) is 2.87. The fraction of sp³-hybridized carbons (Fsp3) is 0.667. The van der Waals surface area contributed by atoms with Crippen molar-refractivity contribution in [3.05, 3.63) is 19.8 Å². The van der Waals surface area contributed by atoms with Gasteiger partial charge in [0.05, 0.1) is 8.81 Å². The number of thiophene rings is 1. The van der Waals surface area contributed by atoms with Crippen molar-refractivity contribution >= 4 is 38.9 Å². The van der Waals surface area contributed by atoms with Crippen molar-refractivity contribution in [1.29, 1.82) is 0 Å². The fourth-order valence-electron chi connectivity index (χ4n) is 2.78. The van der Waals surface area contributed by atoms with Gasteiger partial charge in [0.25, 0.3) is 0 Å². The lowest BCUT2D eigenvalue weighted by Crippen LogP contribution is -2.31. The maximum absolute atomic E-state index is 6.46. The Morgan fingerprint density at radius 1 is 1.56 bits per heavy atom. The molecule has 2 N–H and O–H groups in total. The van der Waals surface area contributed by atoms with Crippen LogP contribution in [0.3, 0.4) is 0 Å². The first-order valence-corrected chi connectivity index (χ1v) is 7.78. The summed E-state index contributed by atoms with van der Waals surface area (Å²) in [7, 11) is 0. The van der Waals surface area contributed by atoms with Gasteiger partial charge in [-0.25, -0.2) is 0 Å². The van der Waals surface area contributed by atoms with E-state index in [0.717, 1.165) is 8.81 Å². The Morgan fingerprint density at radius 2 is 2.19 bits per heavy atom. The smallest absolute Gasteiger partial charge is 0.0887 e. The molecule has 0 bridgehead atoms. The van der Waals surface area contributed by atoms with Gasteiger partial charge in [0.15, 0.2) is 0 Å². The molecule has 1 saturated carbocycles. The predicted molar refractivity (Wildman–Crippen MR) is 75.1 cm³/mol. The highest BCUT2D eigenvalue weighted by Crippen LogP contribution is 2.51. The second-order valence-corrected chi connectivity index (χ2v) is 7.48. The number of halogens is 2. The predicted octanol–water partition coefficient (Wildman–Crippen LogP) is 5.13. The first-order chi connectivity index (χ1) is 7.59. The lowest BCUT2D eigenvalue weighted by molar-refractivity contribution is 0.225. The molecule has 90 valence electrons. The van der Waals surface area contributed by atoms with Crippen LogP contribution in [0.4, 0.5) is 0 Å². The summed E-state index contributed by atoms with van der Waals surface area (Å²) in [6.07, 6.45) is 6.33. The minimum Gasteiger partial charge on any atom is -0.323 e. The first-order valence-electron chi connectivity index (χ1n) is 5.79. The summed E-state index contributed by atoms with van der Waals surface area (Å²) >= 11 is 11.2. The van der Waals surface area contributed by atoms with E-state index in [1.54, 1.807) is 11.3 Å². The van der Waals surface area contributed by atoms with Gasteiger partial charge in [0.2, 0.25) is 0 Å². The third-order valence-corrected chi connectivity index (χ3v) is 6.49. The van der Waals surface area contributed by atoms with E-state index in [2.05, 4.69) is 22.9 Å². The van der Waals surface area contributed by atoms with E-state index in [1.807, 2.05) is 6.07 Å². The second-order valence-electron chi connectivity index (χ2n) is 4.67. The van der Waals surface area contributed by atoms with Gasteiger partial charge in [-0.1, -0.05) is 31.4 Å². The molecule has 1 aliphatic rings. The van der Waals surface area contributed by atoms with Gasteiger partial charge in [-0.05, 0) is 46.7 Å². The van der Waals surface area contributed by atoms with Gasteiger partial charge in [0.1, 0.15) is 0 Å². The monoisotopic (exact) mass is 321 g/mol. The van der Waals surface area contributed by atoms with E-state index >= 15 is 0 Å². The van der Waals surface area contributed by atoms with E-state index in [4.69, 9.17) is 17.3 Å². The van der Waals surface area contributed by atoms with Crippen molar-refractivity contribution in [3.63, 3.8) is 0 Å². The molecule has 1 nitrogen and oxygen atoms in total. The highest BCUT2D eigenvalue weighted by molar-refractivity contribution is 9.11. The Labute approximate surface area is 114 Å². The van der Waals surface area contributed by atoms with Crippen molar-refractivity contribution in [3.8, 4) is 0 Å². The summed E-state index contributed by atoms with van der Waals surface area (Å²) in [5, 5.41) is 0.791. The molecular weight excluding hydrogens is 306 g/mol. The quantitative estimate of drug-likeness (QED) is 0.819. The van der Waals surface area contributed by atoms with Crippen LogP contribution < -0.4 is 5.73 Å². The van der Waals surface area contributed by atoms with Crippen molar-refractivity contribution in [1.82, 2.24) is 0 Å². The summed E-state index contributed by atoms with van der Waals surface area (Å²) < 4.78 is 1.00. The minimum absolute atomic E-state index is 0.147. The third kappa shape index (κ3) is 2.20. The van der Waals surface area contributed by atoms with Crippen LogP contribution in [0.15, 0.2) is 9.85 Å². The van der Waals surface area contributed by atoms with Gasteiger partial charge in [-0.15, -0.1) is 11.3 Å². The molecule has 1 heterocycles. The number of nitrogens with two attached hydrogens (primary N) is 1. The molecule has 1 fully saturated rings. The summed E-state index contributed by atoms with van der Waals surface area (Å²) in [6.45, 7) is 2.26. The molecule has 0 aromatic carbocycles. The molecule has 1 unspecified atom stereocenters. The van der Waals surface area contributed by atoms with E-state index in [1.165, 1.54) is 37.0 Å². The highest BCUT2D eigenvalue weighted by Gasteiger charge is 2.39.